The largest absolute Gasteiger partial charge is 0.489 e. The molecule has 0 aliphatic heterocycles. The molecule has 1 aliphatic rings. The number of allylic oxidation sites excluding steroid dienone is 1. The van der Waals surface area contributed by atoms with Crippen LogP contribution in [0.15, 0.2) is 17.8 Å². The van der Waals surface area contributed by atoms with Gasteiger partial charge in [0.1, 0.15) is 12.3 Å². The van der Waals surface area contributed by atoms with Crippen molar-refractivity contribution >= 4 is 5.70 Å². The van der Waals surface area contributed by atoms with Crippen LogP contribution >= 0.6 is 0 Å². The van der Waals surface area contributed by atoms with Gasteiger partial charge in [-0.15, -0.1) is 0 Å². The molecule has 3 rings (SSSR count). The number of pyridine rings is 1. The molecule has 0 aromatic carbocycles. The SMILES string of the molecule is COCCCOc1nnn(C/C(=C(/N)c2ccc(OC3CCCCC3)c(C)n2)N(C)N)n1. The first-order chi connectivity index (χ1) is 15.5. The second-order valence-corrected chi connectivity index (χ2v) is 7.93. The number of aryl methyl sites for hydroxylation is 1. The van der Waals surface area contributed by atoms with E-state index in [9.17, 15) is 0 Å². The van der Waals surface area contributed by atoms with Gasteiger partial charge in [-0.2, -0.15) is 4.80 Å². The normalized spacial score (nSPS) is 15.4. The average molecular weight is 447 g/mol. The molecule has 11 nitrogen and oxygen atoms in total. The summed E-state index contributed by atoms with van der Waals surface area (Å²) in [5.41, 5.74) is 8.87. The molecular formula is C21H34N8O3. The number of hydrazine groups is 1. The van der Waals surface area contributed by atoms with Crippen LogP contribution in [0, 0.1) is 6.92 Å². The minimum Gasteiger partial charge on any atom is -0.489 e. The van der Waals surface area contributed by atoms with Crippen LogP contribution in [0.2, 0.25) is 0 Å². The fourth-order valence-corrected chi connectivity index (χ4v) is 3.57. The molecule has 2 aromatic heterocycles. The van der Waals surface area contributed by atoms with E-state index in [1.54, 1.807) is 14.2 Å². The Morgan fingerprint density at radius 3 is 2.69 bits per heavy atom. The number of ether oxygens (including phenoxy) is 3. The van der Waals surface area contributed by atoms with Crippen molar-refractivity contribution in [3.8, 4) is 11.8 Å². The molecule has 0 spiro atoms. The van der Waals surface area contributed by atoms with Crippen LogP contribution in [-0.2, 0) is 11.3 Å². The molecule has 0 amide bonds. The van der Waals surface area contributed by atoms with E-state index in [1.165, 1.54) is 29.1 Å². The Labute approximate surface area is 188 Å². The molecule has 11 heteroatoms. The topological polar surface area (TPSA) is 139 Å². The lowest BCUT2D eigenvalue weighted by Gasteiger charge is -2.24. The zero-order valence-electron chi connectivity index (χ0n) is 19.2. The molecular weight excluding hydrogens is 412 g/mol. The van der Waals surface area contributed by atoms with Gasteiger partial charge in [0.25, 0.3) is 0 Å². The third kappa shape index (κ3) is 6.54. The van der Waals surface area contributed by atoms with Crippen LogP contribution in [-0.4, -0.2) is 63.7 Å². The van der Waals surface area contributed by atoms with Gasteiger partial charge >= 0.3 is 6.01 Å². The standard InChI is InChI=1S/C21H34N8O3/c1-15-19(32-16-8-5-4-6-9-16)11-10-17(24-15)20(22)18(28(2)23)14-29-26-21(25-27-29)31-13-7-12-30-3/h10-11,16H,4-9,12-14,22-23H2,1-3H3/b20-18-. The van der Waals surface area contributed by atoms with Gasteiger partial charge in [-0.1, -0.05) is 16.6 Å². The van der Waals surface area contributed by atoms with Gasteiger partial charge in [-0.05, 0) is 50.0 Å². The summed E-state index contributed by atoms with van der Waals surface area (Å²) in [6.07, 6.45) is 6.90. The van der Waals surface area contributed by atoms with E-state index < -0.39 is 0 Å². The lowest BCUT2D eigenvalue weighted by atomic mass is 9.98. The smallest absolute Gasteiger partial charge is 0.356 e. The van der Waals surface area contributed by atoms with Crippen LogP contribution in [0.1, 0.15) is 49.9 Å². The van der Waals surface area contributed by atoms with Crippen molar-refractivity contribution in [3.05, 3.63) is 29.2 Å². The molecule has 2 aromatic rings. The van der Waals surface area contributed by atoms with Gasteiger partial charge in [-0.25, -0.2) is 10.8 Å². The summed E-state index contributed by atoms with van der Waals surface area (Å²) in [5, 5.41) is 13.6. The number of likely N-dealkylation sites (N-methyl/N-ethyl adjacent to an activating group) is 1. The Morgan fingerprint density at radius 2 is 2.00 bits per heavy atom. The Bertz CT molecular complexity index is 893. The van der Waals surface area contributed by atoms with Gasteiger partial charge in [-0.3, -0.25) is 0 Å². The van der Waals surface area contributed by atoms with E-state index in [4.69, 9.17) is 25.8 Å². The van der Waals surface area contributed by atoms with E-state index in [0.717, 1.165) is 30.7 Å². The summed E-state index contributed by atoms with van der Waals surface area (Å²) in [5.74, 6) is 6.84. The van der Waals surface area contributed by atoms with Gasteiger partial charge in [0.05, 0.1) is 35.5 Å². The number of nitrogens with two attached hydrogens (primary N) is 2. The van der Waals surface area contributed by atoms with E-state index >= 15 is 0 Å². The van der Waals surface area contributed by atoms with E-state index in [1.807, 2.05) is 19.1 Å². The van der Waals surface area contributed by atoms with Gasteiger partial charge < -0.3 is 25.0 Å². The van der Waals surface area contributed by atoms with Crippen molar-refractivity contribution in [2.24, 2.45) is 11.6 Å². The molecule has 0 radical (unpaired) electrons. The highest BCUT2D eigenvalue weighted by Gasteiger charge is 2.18. The number of aromatic nitrogens is 5. The van der Waals surface area contributed by atoms with Gasteiger partial charge in [0, 0.05) is 27.2 Å². The summed E-state index contributed by atoms with van der Waals surface area (Å²) in [6.45, 7) is 3.19. The molecule has 176 valence electrons. The quantitative estimate of drug-likeness (QED) is 0.297. The average Bonchev–Trinajstić information content (AvgIpc) is 3.24. The summed E-state index contributed by atoms with van der Waals surface area (Å²) in [6, 6.07) is 3.97. The second kappa shape index (κ2) is 11.6. The molecule has 0 unspecified atom stereocenters. The van der Waals surface area contributed by atoms with Crippen molar-refractivity contribution in [1.82, 2.24) is 30.2 Å². The second-order valence-electron chi connectivity index (χ2n) is 7.93. The zero-order valence-corrected chi connectivity index (χ0v) is 19.2. The monoisotopic (exact) mass is 446 g/mol. The van der Waals surface area contributed by atoms with Crippen LogP contribution in [0.25, 0.3) is 5.70 Å². The fraction of sp³-hybridized carbons (Fsp3) is 0.619. The molecule has 1 saturated carbocycles. The van der Waals surface area contributed by atoms with Crippen molar-refractivity contribution in [2.75, 3.05) is 27.4 Å². The molecule has 1 fully saturated rings. The van der Waals surface area contributed by atoms with Crippen LogP contribution in [0.3, 0.4) is 0 Å². The number of methoxy groups -OCH3 is 1. The third-order valence-corrected chi connectivity index (χ3v) is 5.35. The summed E-state index contributed by atoms with van der Waals surface area (Å²) in [7, 11) is 3.35. The van der Waals surface area contributed by atoms with Gasteiger partial charge in [0.2, 0.25) is 0 Å². The minimum absolute atomic E-state index is 0.192. The van der Waals surface area contributed by atoms with Crippen molar-refractivity contribution in [1.29, 1.82) is 0 Å². The molecule has 0 bridgehead atoms. The van der Waals surface area contributed by atoms with E-state index in [2.05, 4.69) is 20.4 Å². The fourth-order valence-electron chi connectivity index (χ4n) is 3.57. The van der Waals surface area contributed by atoms with Crippen LogP contribution in [0.4, 0.5) is 0 Å². The minimum atomic E-state index is 0.192. The number of rotatable bonds is 11. The van der Waals surface area contributed by atoms with Crippen LogP contribution in [0.5, 0.6) is 11.8 Å². The van der Waals surface area contributed by atoms with Gasteiger partial charge in [0.15, 0.2) is 0 Å². The first-order valence-corrected chi connectivity index (χ1v) is 11.0. The Balaban J connectivity index is 1.70. The summed E-state index contributed by atoms with van der Waals surface area (Å²) < 4.78 is 16.6. The number of nitrogens with zero attached hydrogens (tertiary/aromatic N) is 6. The molecule has 32 heavy (non-hydrogen) atoms. The Kier molecular flexibility index (Phi) is 8.63. The maximum atomic E-state index is 6.43. The third-order valence-electron chi connectivity index (χ3n) is 5.35. The van der Waals surface area contributed by atoms with E-state index in [-0.39, 0.29) is 18.7 Å². The number of hydrogen-bond donors (Lipinski definition) is 2. The zero-order chi connectivity index (χ0) is 22.9. The van der Waals surface area contributed by atoms with Crippen molar-refractivity contribution in [2.45, 2.75) is 58.1 Å². The molecule has 1 aliphatic carbocycles. The first-order valence-electron chi connectivity index (χ1n) is 11.0. The van der Waals surface area contributed by atoms with Crippen molar-refractivity contribution in [3.63, 3.8) is 0 Å². The highest BCUT2D eigenvalue weighted by molar-refractivity contribution is 5.63. The Hall–Kier alpha value is -2.92. The van der Waals surface area contributed by atoms with Crippen LogP contribution < -0.4 is 21.1 Å². The Morgan fingerprint density at radius 1 is 1.22 bits per heavy atom. The first kappa shape index (κ1) is 23.7. The predicted octanol–water partition coefficient (Wildman–Crippen LogP) is 1.64. The maximum absolute atomic E-state index is 6.43. The lowest BCUT2D eigenvalue weighted by Crippen LogP contribution is -2.31. The predicted molar refractivity (Wildman–Crippen MR) is 119 cm³/mol. The highest BCUT2D eigenvalue weighted by Crippen LogP contribution is 2.26. The molecule has 0 saturated heterocycles. The lowest BCUT2D eigenvalue weighted by molar-refractivity contribution is 0.153. The summed E-state index contributed by atoms with van der Waals surface area (Å²) >= 11 is 0. The highest BCUT2D eigenvalue weighted by atomic mass is 16.5. The molecule has 0 atom stereocenters. The van der Waals surface area contributed by atoms with Crippen molar-refractivity contribution < 1.29 is 14.2 Å². The summed E-state index contributed by atoms with van der Waals surface area (Å²) in [4.78, 5) is 6.03. The maximum Gasteiger partial charge on any atom is 0.356 e. The molecule has 2 heterocycles. The number of hydrogen-bond acceptors (Lipinski definition) is 10. The van der Waals surface area contributed by atoms with E-state index in [0.29, 0.717) is 30.3 Å². The molecule has 4 N–H and O–H groups in total. The number of tetrazole rings is 1.